The van der Waals surface area contributed by atoms with Crippen molar-refractivity contribution in [3.05, 3.63) is 54.1 Å². The normalized spacial score (nSPS) is 16.6. The number of nitrogens with one attached hydrogen (secondary N) is 2. The van der Waals surface area contributed by atoms with Crippen LogP contribution in [0.1, 0.15) is 12.0 Å². The molecule has 33 heavy (non-hydrogen) atoms. The maximum absolute atomic E-state index is 13.3. The Hall–Kier alpha value is -3.15. The van der Waals surface area contributed by atoms with E-state index in [4.69, 9.17) is 14.2 Å². The molecule has 2 N–H and O–H groups in total. The number of hydrogen-bond acceptors (Lipinski definition) is 7. The van der Waals surface area contributed by atoms with Crippen LogP contribution in [0.15, 0.2) is 53.4 Å². The quantitative estimate of drug-likeness (QED) is 0.541. The van der Waals surface area contributed by atoms with Gasteiger partial charge >= 0.3 is 11.8 Å². The minimum Gasteiger partial charge on any atom is -0.493 e. The first-order valence-electron chi connectivity index (χ1n) is 10.3. The molecule has 1 aliphatic rings. The highest BCUT2D eigenvalue weighted by Gasteiger charge is 2.35. The SMILES string of the molecule is COc1ccc(S(=O)(=O)N2CCCO[C@H]2CNC(=O)C(=O)NCc2ccccc2)cc1OC. The van der Waals surface area contributed by atoms with Gasteiger partial charge in [0.05, 0.1) is 32.3 Å². The number of hydrogen-bond donors (Lipinski definition) is 2. The van der Waals surface area contributed by atoms with Crippen LogP contribution in [-0.2, 0) is 30.9 Å². The van der Waals surface area contributed by atoms with Gasteiger partial charge in [0.2, 0.25) is 10.0 Å². The summed E-state index contributed by atoms with van der Waals surface area (Å²) in [5.74, 6) is -1.01. The first-order chi connectivity index (χ1) is 15.9. The third-order valence-electron chi connectivity index (χ3n) is 5.06. The lowest BCUT2D eigenvalue weighted by Gasteiger charge is -2.34. The molecule has 0 spiro atoms. The van der Waals surface area contributed by atoms with Crippen LogP contribution in [0.25, 0.3) is 0 Å². The fourth-order valence-electron chi connectivity index (χ4n) is 3.33. The average Bonchev–Trinajstić information content (AvgIpc) is 2.86. The van der Waals surface area contributed by atoms with Crippen molar-refractivity contribution in [2.24, 2.45) is 0 Å². The minimum absolute atomic E-state index is 0.00239. The van der Waals surface area contributed by atoms with E-state index in [1.165, 1.54) is 36.7 Å². The fraction of sp³-hybridized carbons (Fsp3) is 0.364. The van der Waals surface area contributed by atoms with E-state index in [9.17, 15) is 18.0 Å². The van der Waals surface area contributed by atoms with Crippen molar-refractivity contribution in [1.29, 1.82) is 0 Å². The molecule has 1 saturated heterocycles. The molecular formula is C22H27N3O7S. The van der Waals surface area contributed by atoms with E-state index in [0.717, 1.165) is 5.56 Å². The lowest BCUT2D eigenvalue weighted by Crippen LogP contribution is -2.53. The molecule has 0 bridgehead atoms. The molecule has 0 saturated carbocycles. The highest BCUT2D eigenvalue weighted by atomic mass is 32.2. The number of sulfonamides is 1. The molecule has 11 heteroatoms. The van der Waals surface area contributed by atoms with Crippen LogP contribution in [0, 0.1) is 0 Å². The molecule has 0 aromatic heterocycles. The third-order valence-corrected chi connectivity index (χ3v) is 6.94. The van der Waals surface area contributed by atoms with Crippen LogP contribution >= 0.6 is 0 Å². The predicted octanol–water partition coefficient (Wildman–Crippen LogP) is 0.874. The van der Waals surface area contributed by atoms with E-state index in [1.807, 2.05) is 30.3 Å². The summed E-state index contributed by atoms with van der Waals surface area (Å²) in [6.45, 7) is 0.563. The Morgan fingerprint density at radius 3 is 2.42 bits per heavy atom. The largest absolute Gasteiger partial charge is 0.493 e. The number of amides is 2. The van der Waals surface area contributed by atoms with Crippen LogP contribution in [-0.4, -0.2) is 64.7 Å². The first kappa shape index (κ1) is 24.5. The number of benzene rings is 2. The molecule has 2 aromatic carbocycles. The molecule has 1 heterocycles. The molecule has 3 rings (SSSR count). The number of ether oxygens (including phenoxy) is 3. The maximum Gasteiger partial charge on any atom is 0.309 e. The topological polar surface area (TPSA) is 123 Å². The molecule has 0 unspecified atom stereocenters. The second-order valence-corrected chi connectivity index (χ2v) is 9.08. The molecule has 0 aliphatic carbocycles. The fourth-order valence-corrected chi connectivity index (χ4v) is 4.91. The highest BCUT2D eigenvalue weighted by molar-refractivity contribution is 7.89. The van der Waals surface area contributed by atoms with Crippen molar-refractivity contribution < 1.29 is 32.2 Å². The second kappa shape index (κ2) is 11.1. The number of carbonyl (C=O) groups is 2. The van der Waals surface area contributed by atoms with E-state index in [-0.39, 0.29) is 30.3 Å². The van der Waals surface area contributed by atoms with Crippen LogP contribution in [0.2, 0.25) is 0 Å². The maximum atomic E-state index is 13.3. The van der Waals surface area contributed by atoms with Gasteiger partial charge in [-0.3, -0.25) is 9.59 Å². The summed E-state index contributed by atoms with van der Waals surface area (Å²) in [6, 6.07) is 13.4. The molecule has 1 aliphatic heterocycles. The number of carbonyl (C=O) groups excluding carboxylic acids is 2. The average molecular weight is 478 g/mol. The zero-order valence-electron chi connectivity index (χ0n) is 18.4. The summed E-state index contributed by atoms with van der Waals surface area (Å²) < 4.78 is 43.7. The van der Waals surface area contributed by atoms with Gasteiger partial charge in [-0.1, -0.05) is 30.3 Å². The van der Waals surface area contributed by atoms with Gasteiger partial charge in [0.15, 0.2) is 11.5 Å². The van der Waals surface area contributed by atoms with E-state index in [1.54, 1.807) is 0 Å². The molecule has 2 aromatic rings. The van der Waals surface area contributed by atoms with Gasteiger partial charge in [-0.25, -0.2) is 8.42 Å². The Morgan fingerprint density at radius 1 is 1.03 bits per heavy atom. The van der Waals surface area contributed by atoms with E-state index in [0.29, 0.717) is 18.8 Å². The Morgan fingerprint density at radius 2 is 1.73 bits per heavy atom. The van der Waals surface area contributed by atoms with Gasteiger partial charge in [-0.05, 0) is 24.1 Å². The van der Waals surface area contributed by atoms with Crippen molar-refractivity contribution in [2.75, 3.05) is 33.9 Å². The zero-order chi connectivity index (χ0) is 23.8. The molecule has 0 radical (unpaired) electrons. The van der Waals surface area contributed by atoms with Gasteiger partial charge in [0.1, 0.15) is 6.23 Å². The van der Waals surface area contributed by atoms with Crippen LogP contribution in [0.5, 0.6) is 11.5 Å². The number of nitrogens with zero attached hydrogens (tertiary/aromatic N) is 1. The van der Waals surface area contributed by atoms with Gasteiger partial charge < -0.3 is 24.8 Å². The Labute approximate surface area is 192 Å². The Kier molecular flexibility index (Phi) is 8.26. The van der Waals surface area contributed by atoms with Gasteiger partial charge in [0, 0.05) is 19.2 Å². The first-order valence-corrected chi connectivity index (χ1v) is 11.8. The number of rotatable bonds is 8. The van der Waals surface area contributed by atoms with Crippen molar-refractivity contribution in [1.82, 2.24) is 14.9 Å². The lowest BCUT2D eigenvalue weighted by atomic mass is 10.2. The predicted molar refractivity (Wildman–Crippen MR) is 119 cm³/mol. The molecule has 178 valence electrons. The van der Waals surface area contributed by atoms with Crippen LogP contribution in [0.3, 0.4) is 0 Å². The summed E-state index contributed by atoms with van der Waals surface area (Å²) in [7, 11) is -1.09. The van der Waals surface area contributed by atoms with Gasteiger partial charge in [-0.15, -0.1) is 0 Å². The van der Waals surface area contributed by atoms with E-state index in [2.05, 4.69) is 10.6 Å². The smallest absolute Gasteiger partial charge is 0.309 e. The third kappa shape index (κ3) is 6.01. The monoisotopic (exact) mass is 477 g/mol. The number of methoxy groups -OCH3 is 2. The van der Waals surface area contributed by atoms with Gasteiger partial charge in [0.25, 0.3) is 0 Å². The highest BCUT2D eigenvalue weighted by Crippen LogP contribution is 2.31. The van der Waals surface area contributed by atoms with Crippen molar-refractivity contribution in [2.45, 2.75) is 24.1 Å². The summed E-state index contributed by atoms with van der Waals surface area (Å²) in [4.78, 5) is 24.3. The van der Waals surface area contributed by atoms with Crippen LogP contribution < -0.4 is 20.1 Å². The van der Waals surface area contributed by atoms with Crippen molar-refractivity contribution >= 4 is 21.8 Å². The Bertz CT molecular complexity index is 1080. The van der Waals surface area contributed by atoms with E-state index < -0.39 is 28.1 Å². The van der Waals surface area contributed by atoms with Gasteiger partial charge in [-0.2, -0.15) is 4.31 Å². The standard InChI is InChI=1S/C22H27N3O7S/c1-30-18-10-9-17(13-19(18)31-2)33(28,29)25-11-6-12-32-20(25)15-24-22(27)21(26)23-14-16-7-4-3-5-8-16/h3-5,7-10,13,20H,6,11-12,14-15H2,1-2H3,(H,23,26)(H,24,27)/t20-/m0/s1. The molecular weight excluding hydrogens is 450 g/mol. The minimum atomic E-state index is -3.96. The molecule has 1 atom stereocenters. The molecule has 10 nitrogen and oxygen atoms in total. The summed E-state index contributed by atoms with van der Waals surface area (Å²) in [5, 5.41) is 4.98. The van der Waals surface area contributed by atoms with Crippen molar-refractivity contribution in [3.63, 3.8) is 0 Å². The van der Waals surface area contributed by atoms with Crippen molar-refractivity contribution in [3.8, 4) is 11.5 Å². The summed E-state index contributed by atoms with van der Waals surface area (Å²) in [5.41, 5.74) is 0.849. The summed E-state index contributed by atoms with van der Waals surface area (Å²) in [6.07, 6.45) is -0.461. The summed E-state index contributed by atoms with van der Waals surface area (Å²) >= 11 is 0. The second-order valence-electron chi connectivity index (χ2n) is 7.19. The van der Waals surface area contributed by atoms with E-state index >= 15 is 0 Å². The Balaban J connectivity index is 1.65. The van der Waals surface area contributed by atoms with Crippen LogP contribution in [0.4, 0.5) is 0 Å². The zero-order valence-corrected chi connectivity index (χ0v) is 19.3. The molecule has 2 amide bonds. The lowest BCUT2D eigenvalue weighted by molar-refractivity contribution is -0.140. The molecule has 1 fully saturated rings.